The maximum atomic E-state index is 12.2. The largest absolute Gasteiger partial charge is 0.466 e. The number of esters is 1. The van der Waals surface area contributed by atoms with Gasteiger partial charge in [0.05, 0.1) is 12.9 Å². The van der Waals surface area contributed by atoms with E-state index in [-0.39, 0.29) is 11.8 Å². The standard InChI is InChI=1S/C18H22O4/c1-2-21-17(20)12-6-4-3-5-11-16(19)18-15-10-8-7-9-14(15)13-22-18/h7-10,13H,2-6,11-12H2,1H3. The number of carbonyl (C=O) groups excluding carboxylic acids is 2. The predicted octanol–water partition coefficient (Wildman–Crippen LogP) is 4.52. The normalized spacial score (nSPS) is 10.8. The van der Waals surface area contributed by atoms with Gasteiger partial charge in [-0.25, -0.2) is 0 Å². The first-order valence-corrected chi connectivity index (χ1v) is 7.87. The number of ether oxygens (including phenoxy) is 1. The van der Waals surface area contributed by atoms with E-state index in [9.17, 15) is 9.59 Å². The lowest BCUT2D eigenvalue weighted by Crippen LogP contribution is -2.03. The molecule has 0 bridgehead atoms. The topological polar surface area (TPSA) is 56.5 Å². The van der Waals surface area contributed by atoms with Crippen molar-refractivity contribution in [1.82, 2.24) is 0 Å². The quantitative estimate of drug-likeness (QED) is 0.388. The van der Waals surface area contributed by atoms with Crippen LogP contribution in [0.2, 0.25) is 0 Å². The van der Waals surface area contributed by atoms with Gasteiger partial charge in [0, 0.05) is 23.6 Å². The summed E-state index contributed by atoms with van der Waals surface area (Å²) in [4.78, 5) is 23.4. The fourth-order valence-corrected chi connectivity index (χ4v) is 2.46. The van der Waals surface area contributed by atoms with E-state index in [4.69, 9.17) is 9.15 Å². The molecule has 22 heavy (non-hydrogen) atoms. The SMILES string of the molecule is CCOC(=O)CCCCCCC(=O)c1occ2ccccc12. The Hall–Kier alpha value is -2.10. The van der Waals surface area contributed by atoms with Crippen molar-refractivity contribution in [3.8, 4) is 0 Å². The molecule has 2 rings (SSSR count). The van der Waals surface area contributed by atoms with E-state index >= 15 is 0 Å². The number of hydrogen-bond donors (Lipinski definition) is 0. The van der Waals surface area contributed by atoms with Gasteiger partial charge >= 0.3 is 5.97 Å². The van der Waals surface area contributed by atoms with Crippen LogP contribution in [0.4, 0.5) is 0 Å². The summed E-state index contributed by atoms with van der Waals surface area (Å²) in [6.07, 6.45) is 6.08. The molecule has 0 fully saturated rings. The number of benzene rings is 1. The highest BCUT2D eigenvalue weighted by Gasteiger charge is 2.13. The highest BCUT2D eigenvalue weighted by molar-refractivity contribution is 6.05. The molecule has 0 spiro atoms. The number of Topliss-reactive ketones (excluding diaryl/α,β-unsaturated/α-hetero) is 1. The molecule has 0 N–H and O–H groups in total. The average molecular weight is 302 g/mol. The molecule has 4 heteroatoms. The Labute approximate surface area is 130 Å². The van der Waals surface area contributed by atoms with Crippen LogP contribution in [0, 0.1) is 0 Å². The second-order valence-electron chi connectivity index (χ2n) is 5.29. The zero-order valence-corrected chi connectivity index (χ0v) is 13.0. The van der Waals surface area contributed by atoms with Crippen LogP contribution >= 0.6 is 0 Å². The van der Waals surface area contributed by atoms with Crippen LogP contribution in [0.15, 0.2) is 34.9 Å². The number of unbranched alkanes of at least 4 members (excludes halogenated alkanes) is 3. The fraction of sp³-hybridized carbons (Fsp3) is 0.444. The number of carbonyl (C=O) groups is 2. The van der Waals surface area contributed by atoms with Gasteiger partial charge in [-0.15, -0.1) is 0 Å². The molecule has 118 valence electrons. The molecule has 0 unspecified atom stereocenters. The number of hydrogen-bond acceptors (Lipinski definition) is 4. The van der Waals surface area contributed by atoms with Crippen molar-refractivity contribution in [3.63, 3.8) is 0 Å². The number of rotatable bonds is 9. The van der Waals surface area contributed by atoms with E-state index in [0.29, 0.717) is 25.2 Å². The summed E-state index contributed by atoms with van der Waals surface area (Å²) in [7, 11) is 0. The lowest BCUT2D eigenvalue weighted by Gasteiger charge is -2.02. The van der Waals surface area contributed by atoms with Crippen molar-refractivity contribution in [2.45, 2.75) is 45.4 Å². The van der Waals surface area contributed by atoms with Crippen LogP contribution in [-0.4, -0.2) is 18.4 Å². The molecule has 0 radical (unpaired) electrons. The Morgan fingerprint density at radius 2 is 1.77 bits per heavy atom. The molecular weight excluding hydrogens is 280 g/mol. The van der Waals surface area contributed by atoms with Crippen LogP contribution in [0.3, 0.4) is 0 Å². The molecule has 0 aliphatic carbocycles. The zero-order chi connectivity index (χ0) is 15.8. The average Bonchev–Trinajstić information content (AvgIpc) is 2.95. The first-order valence-electron chi connectivity index (χ1n) is 7.87. The summed E-state index contributed by atoms with van der Waals surface area (Å²) in [5.41, 5.74) is 0. The lowest BCUT2D eigenvalue weighted by molar-refractivity contribution is -0.143. The Morgan fingerprint density at radius 1 is 1.05 bits per heavy atom. The molecule has 0 saturated heterocycles. The van der Waals surface area contributed by atoms with Crippen LogP contribution < -0.4 is 0 Å². The van der Waals surface area contributed by atoms with Crippen molar-refractivity contribution in [2.24, 2.45) is 0 Å². The van der Waals surface area contributed by atoms with E-state index in [1.165, 1.54) is 0 Å². The highest BCUT2D eigenvalue weighted by atomic mass is 16.5. The summed E-state index contributed by atoms with van der Waals surface area (Å²) in [6, 6.07) is 7.68. The van der Waals surface area contributed by atoms with Crippen LogP contribution in [0.5, 0.6) is 0 Å². The van der Waals surface area contributed by atoms with Crippen LogP contribution in [0.1, 0.15) is 56.0 Å². The Balaban J connectivity index is 1.69. The second kappa shape index (κ2) is 8.37. The highest BCUT2D eigenvalue weighted by Crippen LogP contribution is 2.22. The molecule has 0 atom stereocenters. The number of fused-ring (bicyclic) bond motifs is 1. The molecule has 1 aromatic heterocycles. The first-order chi connectivity index (χ1) is 10.7. The van der Waals surface area contributed by atoms with Gasteiger partial charge in [0.15, 0.2) is 11.5 Å². The van der Waals surface area contributed by atoms with Crippen molar-refractivity contribution in [1.29, 1.82) is 0 Å². The van der Waals surface area contributed by atoms with Gasteiger partial charge in [0.25, 0.3) is 0 Å². The second-order valence-corrected chi connectivity index (χ2v) is 5.29. The predicted molar refractivity (Wildman–Crippen MR) is 84.9 cm³/mol. The first kappa shape index (κ1) is 16.3. The Bertz CT molecular complexity index is 627. The van der Waals surface area contributed by atoms with Crippen molar-refractivity contribution in [3.05, 3.63) is 36.3 Å². The molecular formula is C18H22O4. The van der Waals surface area contributed by atoms with Crippen molar-refractivity contribution in [2.75, 3.05) is 6.61 Å². The van der Waals surface area contributed by atoms with Gasteiger partial charge in [-0.3, -0.25) is 9.59 Å². The maximum Gasteiger partial charge on any atom is 0.305 e. The number of furan rings is 1. The van der Waals surface area contributed by atoms with Crippen LogP contribution in [-0.2, 0) is 9.53 Å². The molecule has 0 aliphatic rings. The van der Waals surface area contributed by atoms with Gasteiger partial charge < -0.3 is 9.15 Å². The van der Waals surface area contributed by atoms with Gasteiger partial charge in [0.2, 0.25) is 0 Å². The Morgan fingerprint density at radius 3 is 2.55 bits per heavy atom. The van der Waals surface area contributed by atoms with E-state index in [1.807, 2.05) is 31.2 Å². The maximum absolute atomic E-state index is 12.2. The lowest BCUT2D eigenvalue weighted by atomic mass is 10.1. The smallest absolute Gasteiger partial charge is 0.305 e. The molecule has 0 amide bonds. The summed E-state index contributed by atoms with van der Waals surface area (Å²) in [6.45, 7) is 2.24. The third-order valence-corrected chi connectivity index (χ3v) is 3.60. The van der Waals surface area contributed by atoms with Crippen LogP contribution in [0.25, 0.3) is 10.8 Å². The minimum atomic E-state index is -0.138. The summed E-state index contributed by atoms with van der Waals surface area (Å²) in [5, 5.41) is 1.84. The monoisotopic (exact) mass is 302 g/mol. The summed E-state index contributed by atoms with van der Waals surface area (Å²) >= 11 is 0. The molecule has 1 heterocycles. The zero-order valence-electron chi connectivity index (χ0n) is 13.0. The Kier molecular flexibility index (Phi) is 6.19. The fourth-order valence-electron chi connectivity index (χ4n) is 2.46. The third-order valence-electron chi connectivity index (χ3n) is 3.60. The van der Waals surface area contributed by atoms with E-state index in [1.54, 1.807) is 6.26 Å². The van der Waals surface area contributed by atoms with E-state index in [0.717, 1.165) is 36.5 Å². The molecule has 2 aromatic rings. The summed E-state index contributed by atoms with van der Waals surface area (Å²) < 4.78 is 10.3. The minimum absolute atomic E-state index is 0.0478. The van der Waals surface area contributed by atoms with Crippen molar-refractivity contribution >= 4 is 22.5 Å². The van der Waals surface area contributed by atoms with Crippen molar-refractivity contribution < 1.29 is 18.7 Å². The summed E-state index contributed by atoms with van der Waals surface area (Å²) in [5.74, 6) is 0.370. The molecule has 0 saturated carbocycles. The van der Waals surface area contributed by atoms with E-state index in [2.05, 4.69) is 0 Å². The van der Waals surface area contributed by atoms with E-state index < -0.39 is 0 Å². The third kappa shape index (κ3) is 4.45. The molecule has 1 aromatic carbocycles. The van der Waals surface area contributed by atoms with Gasteiger partial charge in [-0.05, 0) is 19.8 Å². The molecule has 0 aliphatic heterocycles. The van der Waals surface area contributed by atoms with Gasteiger partial charge in [-0.1, -0.05) is 37.1 Å². The minimum Gasteiger partial charge on any atom is -0.466 e. The van der Waals surface area contributed by atoms with Gasteiger partial charge in [0.1, 0.15) is 0 Å². The molecule has 4 nitrogen and oxygen atoms in total. The van der Waals surface area contributed by atoms with Gasteiger partial charge in [-0.2, -0.15) is 0 Å². The number of ketones is 1.